The van der Waals surface area contributed by atoms with E-state index >= 15 is 0 Å². The third kappa shape index (κ3) is 3.88. The van der Waals surface area contributed by atoms with Crippen LogP contribution in [0.1, 0.15) is 48.8 Å². The second-order valence-electron chi connectivity index (χ2n) is 5.66. The quantitative estimate of drug-likeness (QED) is 0.844. The van der Waals surface area contributed by atoms with Crippen molar-refractivity contribution in [3.63, 3.8) is 0 Å². The summed E-state index contributed by atoms with van der Waals surface area (Å²) in [6, 6.07) is 3.77. The molecule has 1 atom stereocenters. The fourth-order valence-electron chi connectivity index (χ4n) is 2.64. The summed E-state index contributed by atoms with van der Waals surface area (Å²) in [5, 5.41) is 9.33. The molecule has 1 amide bonds. The first kappa shape index (κ1) is 16.1. The van der Waals surface area contributed by atoms with Crippen molar-refractivity contribution in [3.05, 3.63) is 23.3 Å². The fourth-order valence-corrected chi connectivity index (χ4v) is 2.64. The predicted octanol–water partition coefficient (Wildman–Crippen LogP) is 1.67. The first-order valence-corrected chi connectivity index (χ1v) is 7.53. The number of amides is 1. The van der Waals surface area contributed by atoms with Crippen LogP contribution in [0, 0.1) is 25.2 Å². The van der Waals surface area contributed by atoms with Crippen LogP contribution in [0.4, 0.5) is 0 Å². The number of carbonyl (C=O) groups excluding carboxylic acids is 2. The summed E-state index contributed by atoms with van der Waals surface area (Å²) in [7, 11) is 0. The number of nitriles is 1. The number of ketones is 1. The number of Topliss-reactive ketones (excluding diaryl/α,β-unsaturated/α-hetero) is 1. The van der Waals surface area contributed by atoms with E-state index < -0.39 is 5.92 Å². The van der Waals surface area contributed by atoms with Crippen molar-refractivity contribution in [2.45, 2.75) is 45.4 Å². The van der Waals surface area contributed by atoms with Gasteiger partial charge in [0.05, 0.1) is 12.6 Å². The highest BCUT2D eigenvalue weighted by Gasteiger charge is 2.27. The number of likely N-dealkylation sites (tertiary alicyclic amines) is 1. The third-order valence-corrected chi connectivity index (χ3v) is 3.73. The molecule has 6 nitrogen and oxygen atoms in total. The number of aryl methyl sites for hydroxylation is 2. The summed E-state index contributed by atoms with van der Waals surface area (Å²) in [6.07, 6.45) is 3.24. The lowest BCUT2D eigenvalue weighted by Gasteiger charge is -2.20. The van der Waals surface area contributed by atoms with Gasteiger partial charge in [0.2, 0.25) is 5.91 Å². The zero-order chi connectivity index (χ0) is 16.1. The van der Waals surface area contributed by atoms with Gasteiger partial charge in [-0.15, -0.1) is 0 Å². The number of aromatic nitrogens is 2. The molecule has 0 N–H and O–H groups in total. The van der Waals surface area contributed by atoms with Gasteiger partial charge in [-0.2, -0.15) is 5.26 Å². The van der Waals surface area contributed by atoms with Crippen LogP contribution in [0.3, 0.4) is 0 Å². The van der Waals surface area contributed by atoms with E-state index in [2.05, 4.69) is 9.97 Å². The van der Waals surface area contributed by atoms with Gasteiger partial charge in [0.15, 0.2) is 17.5 Å². The maximum absolute atomic E-state index is 12.4. The standard InChI is InChI=1S/C16H20N4O2/c1-11-8-12(2)19-16(18-11)13(9-17)14(21)10-20-7-5-3-4-6-15(20)22/h8,13H,3-7,10H2,1-2H3. The molecule has 1 aromatic rings. The van der Waals surface area contributed by atoms with E-state index in [-0.39, 0.29) is 24.1 Å². The van der Waals surface area contributed by atoms with E-state index in [9.17, 15) is 14.9 Å². The fraction of sp³-hybridized carbons (Fsp3) is 0.562. The van der Waals surface area contributed by atoms with Gasteiger partial charge in [0, 0.05) is 24.4 Å². The highest BCUT2D eigenvalue weighted by molar-refractivity contribution is 5.92. The van der Waals surface area contributed by atoms with Crippen LogP contribution in [0.2, 0.25) is 0 Å². The number of nitrogens with zero attached hydrogens (tertiary/aromatic N) is 4. The topological polar surface area (TPSA) is 87.0 Å². The molecule has 0 bridgehead atoms. The van der Waals surface area contributed by atoms with E-state index in [1.54, 1.807) is 24.8 Å². The average molecular weight is 300 g/mol. The zero-order valence-corrected chi connectivity index (χ0v) is 13.0. The number of carbonyl (C=O) groups is 2. The van der Waals surface area contributed by atoms with Crippen LogP contribution in [0.25, 0.3) is 0 Å². The molecule has 0 saturated carbocycles. The maximum atomic E-state index is 12.4. The van der Waals surface area contributed by atoms with E-state index in [4.69, 9.17) is 0 Å². The Hall–Kier alpha value is -2.29. The molecule has 6 heteroatoms. The molecular formula is C16H20N4O2. The highest BCUT2D eigenvalue weighted by atomic mass is 16.2. The SMILES string of the molecule is Cc1cc(C)nc(C(C#N)C(=O)CN2CCCCCC2=O)n1. The van der Waals surface area contributed by atoms with Crippen LogP contribution in [-0.4, -0.2) is 39.6 Å². The third-order valence-electron chi connectivity index (χ3n) is 3.73. The normalized spacial score (nSPS) is 16.8. The van der Waals surface area contributed by atoms with Crippen LogP contribution < -0.4 is 0 Å². The van der Waals surface area contributed by atoms with Crippen molar-refractivity contribution in [3.8, 4) is 6.07 Å². The molecule has 1 aliphatic heterocycles. The summed E-state index contributed by atoms with van der Waals surface area (Å²) in [5.74, 6) is -1.12. The summed E-state index contributed by atoms with van der Waals surface area (Å²) in [5.41, 5.74) is 1.45. The number of rotatable bonds is 4. The molecule has 1 saturated heterocycles. The van der Waals surface area contributed by atoms with E-state index in [0.29, 0.717) is 13.0 Å². The lowest BCUT2D eigenvalue weighted by atomic mass is 10.0. The van der Waals surface area contributed by atoms with Gasteiger partial charge in [0.1, 0.15) is 0 Å². The van der Waals surface area contributed by atoms with Crippen molar-refractivity contribution < 1.29 is 9.59 Å². The molecule has 116 valence electrons. The first-order valence-electron chi connectivity index (χ1n) is 7.53. The minimum atomic E-state index is -1.02. The lowest BCUT2D eigenvalue weighted by Crippen LogP contribution is -2.37. The monoisotopic (exact) mass is 300 g/mol. The van der Waals surface area contributed by atoms with Gasteiger partial charge in [-0.05, 0) is 32.8 Å². The molecule has 22 heavy (non-hydrogen) atoms. The molecule has 1 fully saturated rings. The van der Waals surface area contributed by atoms with Gasteiger partial charge in [-0.3, -0.25) is 9.59 Å². The molecule has 0 aliphatic carbocycles. The van der Waals surface area contributed by atoms with Crippen LogP contribution in [0.15, 0.2) is 6.07 Å². The second-order valence-corrected chi connectivity index (χ2v) is 5.66. The van der Waals surface area contributed by atoms with Gasteiger partial charge in [0.25, 0.3) is 0 Å². The van der Waals surface area contributed by atoms with Crippen molar-refractivity contribution in [2.24, 2.45) is 0 Å². The van der Waals surface area contributed by atoms with Crippen molar-refractivity contribution in [2.75, 3.05) is 13.1 Å². The van der Waals surface area contributed by atoms with Crippen molar-refractivity contribution in [1.82, 2.24) is 14.9 Å². The maximum Gasteiger partial charge on any atom is 0.222 e. The molecule has 1 aliphatic rings. The average Bonchev–Trinajstić information content (AvgIpc) is 2.64. The van der Waals surface area contributed by atoms with E-state index in [1.807, 2.05) is 6.07 Å². The Balaban J connectivity index is 2.15. The van der Waals surface area contributed by atoms with Crippen molar-refractivity contribution in [1.29, 1.82) is 5.26 Å². The van der Waals surface area contributed by atoms with Gasteiger partial charge in [-0.1, -0.05) is 6.42 Å². The lowest BCUT2D eigenvalue weighted by molar-refractivity contribution is -0.135. The molecule has 0 radical (unpaired) electrons. The van der Waals surface area contributed by atoms with Crippen LogP contribution in [0.5, 0.6) is 0 Å². The molecular weight excluding hydrogens is 280 g/mol. The summed E-state index contributed by atoms with van der Waals surface area (Å²) < 4.78 is 0. The Morgan fingerprint density at radius 1 is 1.32 bits per heavy atom. The zero-order valence-electron chi connectivity index (χ0n) is 13.0. The van der Waals surface area contributed by atoms with Crippen LogP contribution in [-0.2, 0) is 9.59 Å². The summed E-state index contributed by atoms with van der Waals surface area (Å²) in [6.45, 7) is 4.15. The van der Waals surface area contributed by atoms with Gasteiger partial charge >= 0.3 is 0 Å². The Kier molecular flexibility index (Phi) is 5.21. The number of hydrogen-bond acceptors (Lipinski definition) is 5. The Bertz CT molecular complexity index is 601. The first-order chi connectivity index (χ1) is 10.5. The van der Waals surface area contributed by atoms with Crippen molar-refractivity contribution >= 4 is 11.7 Å². The summed E-state index contributed by atoms with van der Waals surface area (Å²) >= 11 is 0. The highest BCUT2D eigenvalue weighted by Crippen LogP contribution is 2.16. The molecule has 2 rings (SSSR count). The van der Waals surface area contributed by atoms with E-state index in [0.717, 1.165) is 30.7 Å². The van der Waals surface area contributed by atoms with Crippen LogP contribution >= 0.6 is 0 Å². The molecule has 1 aromatic heterocycles. The predicted molar refractivity (Wildman–Crippen MR) is 79.9 cm³/mol. The molecule has 1 unspecified atom stereocenters. The van der Waals surface area contributed by atoms with Gasteiger partial charge in [-0.25, -0.2) is 9.97 Å². The Morgan fingerprint density at radius 2 is 2.00 bits per heavy atom. The second kappa shape index (κ2) is 7.12. The summed E-state index contributed by atoms with van der Waals surface area (Å²) in [4.78, 5) is 34.3. The van der Waals surface area contributed by atoms with Gasteiger partial charge < -0.3 is 4.90 Å². The Morgan fingerprint density at radius 3 is 2.64 bits per heavy atom. The minimum Gasteiger partial charge on any atom is -0.335 e. The number of hydrogen-bond donors (Lipinski definition) is 0. The van der Waals surface area contributed by atoms with E-state index in [1.165, 1.54) is 0 Å². The molecule has 0 spiro atoms. The minimum absolute atomic E-state index is 0.0103. The largest absolute Gasteiger partial charge is 0.335 e. The Labute approximate surface area is 130 Å². The molecule has 0 aromatic carbocycles. The molecule has 2 heterocycles. The smallest absolute Gasteiger partial charge is 0.222 e.